The molecule has 1 aromatic heterocycles. The van der Waals surface area contributed by atoms with Gasteiger partial charge in [0.1, 0.15) is 24.7 Å². The molecule has 2 heterocycles. The van der Waals surface area contributed by atoms with E-state index < -0.39 is 0 Å². The molecule has 2 rings (SSSR count). The van der Waals surface area contributed by atoms with Crippen LogP contribution in [0.1, 0.15) is 108 Å². The summed E-state index contributed by atoms with van der Waals surface area (Å²) in [5.74, 6) is 1.69. The molecule has 0 aromatic carbocycles. The van der Waals surface area contributed by atoms with Crippen molar-refractivity contribution in [1.82, 2.24) is 14.8 Å². The van der Waals surface area contributed by atoms with E-state index in [1.165, 1.54) is 12.8 Å². The molecule has 1 unspecified atom stereocenters. The highest BCUT2D eigenvalue weighted by atomic mass is 16.5. The quantitative estimate of drug-likeness (QED) is 0.139. The average molecular weight is 645 g/mol. The molecule has 0 saturated carbocycles. The van der Waals surface area contributed by atoms with Gasteiger partial charge in [-0.1, -0.05) is 79.7 Å². The molecule has 2 N–H and O–H groups in total. The molecule has 1 aliphatic rings. The van der Waals surface area contributed by atoms with E-state index in [2.05, 4.69) is 57.2 Å². The lowest BCUT2D eigenvalue weighted by molar-refractivity contribution is -0.129. The largest absolute Gasteiger partial charge is 0.492 e. The van der Waals surface area contributed by atoms with Crippen molar-refractivity contribution in [2.24, 2.45) is 11.1 Å². The maximum atomic E-state index is 11.2. The molecule has 266 valence electrons. The van der Waals surface area contributed by atoms with Gasteiger partial charge in [-0.3, -0.25) is 9.78 Å². The molecule has 46 heavy (non-hydrogen) atoms. The van der Waals surface area contributed by atoms with E-state index in [9.17, 15) is 4.79 Å². The smallest absolute Gasteiger partial charge is 0.219 e. The van der Waals surface area contributed by atoms with Crippen LogP contribution in [0.4, 0.5) is 0 Å². The number of aryl methyl sites for hydroxylation is 1. The number of ether oxygens (including phenoxy) is 2. The zero-order valence-corrected chi connectivity index (χ0v) is 32.3. The number of likely N-dealkylation sites (N-methyl/N-ethyl adjacent to an activating group) is 1. The summed E-state index contributed by atoms with van der Waals surface area (Å²) < 4.78 is 11.3. The molecule has 1 saturated heterocycles. The van der Waals surface area contributed by atoms with Gasteiger partial charge in [-0.25, -0.2) is 0 Å². The van der Waals surface area contributed by atoms with Gasteiger partial charge in [-0.2, -0.15) is 0 Å². The lowest BCUT2D eigenvalue weighted by Gasteiger charge is -2.30. The Balaban J connectivity index is -0.000000646. The first-order valence-corrected chi connectivity index (χ1v) is 17.2. The summed E-state index contributed by atoms with van der Waals surface area (Å²) in [6.07, 6.45) is 13.7. The maximum absolute atomic E-state index is 11.2. The molecule has 0 spiro atoms. The van der Waals surface area contributed by atoms with E-state index >= 15 is 0 Å². The monoisotopic (exact) mass is 645 g/mol. The molecule has 1 aromatic rings. The zero-order chi connectivity index (χ0) is 36.1. The first-order valence-electron chi connectivity index (χ1n) is 17.2. The summed E-state index contributed by atoms with van der Waals surface area (Å²) >= 11 is 0. The number of aromatic nitrogens is 1. The second-order valence-corrected chi connectivity index (χ2v) is 12.2. The fourth-order valence-corrected chi connectivity index (χ4v) is 3.81. The highest BCUT2D eigenvalue weighted by Gasteiger charge is 2.16. The first kappa shape index (κ1) is 47.5. The maximum Gasteiger partial charge on any atom is 0.219 e. The number of amides is 1. The van der Waals surface area contributed by atoms with Crippen LogP contribution in [0.25, 0.3) is 0 Å². The second kappa shape index (κ2) is 29.5. The predicted molar refractivity (Wildman–Crippen MR) is 201 cm³/mol. The Morgan fingerprint density at radius 3 is 2.11 bits per heavy atom. The fraction of sp³-hybridized carbons (Fsp3) is 0.641. The molecular formula is C39H72N4O3. The van der Waals surface area contributed by atoms with Crippen LogP contribution in [0.3, 0.4) is 0 Å². The van der Waals surface area contributed by atoms with Crippen molar-refractivity contribution < 1.29 is 14.3 Å². The Hall–Kier alpha value is -2.90. The van der Waals surface area contributed by atoms with Gasteiger partial charge in [0.2, 0.25) is 5.91 Å². The molecule has 7 nitrogen and oxygen atoms in total. The van der Waals surface area contributed by atoms with Crippen LogP contribution in [0.5, 0.6) is 5.75 Å². The zero-order valence-electron chi connectivity index (χ0n) is 32.3. The van der Waals surface area contributed by atoms with Gasteiger partial charge in [-0.05, 0) is 82.2 Å². The highest BCUT2D eigenvalue weighted by molar-refractivity contribution is 5.73. The first-order chi connectivity index (χ1) is 21.7. The van der Waals surface area contributed by atoms with Gasteiger partial charge in [0, 0.05) is 39.3 Å². The van der Waals surface area contributed by atoms with Crippen molar-refractivity contribution in [3.8, 4) is 5.75 Å². The summed E-state index contributed by atoms with van der Waals surface area (Å²) in [5.41, 5.74) is 10.4. The Labute approximate surface area is 285 Å². The number of hydrogen-bond donors (Lipinski definition) is 1. The molecular weight excluding hydrogens is 572 g/mol. The molecule has 1 fully saturated rings. The number of likely N-dealkylation sites (tertiary alicyclic amines) is 1. The van der Waals surface area contributed by atoms with E-state index in [-0.39, 0.29) is 11.9 Å². The molecule has 0 aliphatic carbocycles. The Morgan fingerprint density at radius 2 is 1.67 bits per heavy atom. The Kier molecular flexibility index (Phi) is 30.5. The van der Waals surface area contributed by atoms with Gasteiger partial charge in [0.25, 0.3) is 0 Å². The van der Waals surface area contributed by atoms with E-state index in [4.69, 9.17) is 15.2 Å². The number of carbonyl (C=O) groups excluding carboxylic acids is 1. The van der Waals surface area contributed by atoms with E-state index in [0.29, 0.717) is 31.7 Å². The van der Waals surface area contributed by atoms with Gasteiger partial charge in [0.15, 0.2) is 0 Å². The summed E-state index contributed by atoms with van der Waals surface area (Å²) in [6.45, 7) is 37.5. The normalized spacial score (nSPS) is 13.8. The van der Waals surface area contributed by atoms with E-state index in [0.717, 1.165) is 42.3 Å². The van der Waals surface area contributed by atoms with Crippen molar-refractivity contribution in [2.45, 2.75) is 116 Å². The number of hydrogen-bond acceptors (Lipinski definition) is 6. The molecule has 0 bridgehead atoms. The Morgan fingerprint density at radius 1 is 1.11 bits per heavy atom. The fourth-order valence-electron chi connectivity index (χ4n) is 3.81. The molecule has 7 heteroatoms. The topological polar surface area (TPSA) is 80.9 Å². The number of piperidine rings is 1. The van der Waals surface area contributed by atoms with Crippen molar-refractivity contribution in [2.75, 3.05) is 45.9 Å². The third-order valence-electron chi connectivity index (χ3n) is 6.15. The number of pyridine rings is 1. The number of nitrogens with zero attached hydrogens (tertiary/aromatic N) is 3. The Bertz CT molecular complexity index is 993. The van der Waals surface area contributed by atoms with Crippen LogP contribution in [0.2, 0.25) is 0 Å². The van der Waals surface area contributed by atoms with Crippen LogP contribution in [0, 0.1) is 12.3 Å². The van der Waals surface area contributed by atoms with Gasteiger partial charge in [0.05, 0.1) is 18.8 Å². The van der Waals surface area contributed by atoms with Crippen molar-refractivity contribution >= 4 is 5.91 Å². The van der Waals surface area contributed by atoms with Crippen LogP contribution in [-0.4, -0.2) is 72.7 Å². The van der Waals surface area contributed by atoms with Gasteiger partial charge in [-0.15, -0.1) is 0 Å². The highest BCUT2D eigenvalue weighted by Crippen LogP contribution is 2.16. The minimum atomic E-state index is 0.0441. The SMILES string of the molecule is C=C/C(C)=C\C(=C/C)OCCN(CC)C(C)=O.CC.CC.CC(C)(C)C.CC=C1CCN(CC(N)COc2cncc(C)c2)CC1. The number of allylic oxidation sites excluding steroid dienone is 5. The molecule has 1 aliphatic heterocycles. The second-order valence-electron chi connectivity index (χ2n) is 12.2. The number of rotatable bonds is 12. The minimum Gasteiger partial charge on any atom is -0.492 e. The predicted octanol–water partition coefficient (Wildman–Crippen LogP) is 9.15. The number of carbonyl (C=O) groups is 1. The van der Waals surface area contributed by atoms with Crippen molar-refractivity contribution in [1.29, 1.82) is 0 Å². The standard InChI is InChI=1S/C16H25N3O.C14H23NO2.C5H12.2C2H6/c1-3-14-4-6-19(7-5-14)11-15(17)12-20-16-8-13(2)9-18-10-16;1-6-12(4)11-14(7-2)17-10-9-15(8-3)13(5)16;1-5(2,3)4;2*1-2/h3,8-10,15H,4-7,11-12,17H2,1-2H3;6-7,11H,1,8-10H2,2-5H3;1-4H3;2*1-2H3/b;12-11-,14-7+;;;. The summed E-state index contributed by atoms with van der Waals surface area (Å²) in [7, 11) is 0. The summed E-state index contributed by atoms with van der Waals surface area (Å²) in [4.78, 5) is 19.5. The minimum absolute atomic E-state index is 0.0441. The van der Waals surface area contributed by atoms with Gasteiger partial charge < -0.3 is 25.0 Å². The average Bonchev–Trinajstić information content (AvgIpc) is 3.03. The third-order valence-corrected chi connectivity index (χ3v) is 6.15. The lowest BCUT2D eigenvalue weighted by Crippen LogP contribution is -2.43. The van der Waals surface area contributed by atoms with Crippen LogP contribution in [-0.2, 0) is 9.53 Å². The summed E-state index contributed by atoms with van der Waals surface area (Å²) in [5, 5.41) is 0. The van der Waals surface area contributed by atoms with Crippen LogP contribution in [0.15, 0.2) is 66.2 Å². The number of nitrogens with two attached hydrogens (primary N) is 1. The molecule has 1 atom stereocenters. The molecule has 1 amide bonds. The third kappa shape index (κ3) is 28.6. The van der Waals surface area contributed by atoms with Crippen LogP contribution >= 0.6 is 0 Å². The van der Waals surface area contributed by atoms with E-state index in [1.54, 1.807) is 29.7 Å². The van der Waals surface area contributed by atoms with Crippen LogP contribution < -0.4 is 10.5 Å². The van der Waals surface area contributed by atoms with E-state index in [1.807, 2.05) is 79.8 Å². The molecule has 0 radical (unpaired) electrons. The van der Waals surface area contributed by atoms with Crippen molar-refractivity contribution in [3.05, 3.63) is 71.8 Å². The van der Waals surface area contributed by atoms with Crippen molar-refractivity contribution in [3.63, 3.8) is 0 Å². The summed E-state index contributed by atoms with van der Waals surface area (Å²) in [6, 6.07) is 2.03. The van der Waals surface area contributed by atoms with Gasteiger partial charge >= 0.3 is 0 Å². The lowest BCUT2D eigenvalue weighted by atomic mass is 10.0.